The third kappa shape index (κ3) is 3.47. The normalized spacial score (nSPS) is 26.5. The van der Waals surface area contributed by atoms with E-state index in [9.17, 15) is 4.79 Å². The molecule has 0 saturated carbocycles. The molecule has 1 N–H and O–H groups in total. The molecule has 1 saturated heterocycles. The molecule has 0 bridgehead atoms. The van der Waals surface area contributed by atoms with Gasteiger partial charge in [-0.1, -0.05) is 6.92 Å². The van der Waals surface area contributed by atoms with Crippen LogP contribution >= 0.6 is 0 Å². The largest absolute Gasteiger partial charge is 0.481 e. The summed E-state index contributed by atoms with van der Waals surface area (Å²) >= 11 is 0. The first-order chi connectivity index (χ1) is 7.04. The van der Waals surface area contributed by atoms with Crippen LogP contribution in [0.2, 0.25) is 0 Å². The Morgan fingerprint density at radius 1 is 1.53 bits per heavy atom. The van der Waals surface area contributed by atoms with E-state index in [1.54, 1.807) is 0 Å². The van der Waals surface area contributed by atoms with Crippen molar-refractivity contribution in [2.24, 2.45) is 0 Å². The van der Waals surface area contributed by atoms with Gasteiger partial charge in [0, 0.05) is 31.7 Å². The fourth-order valence-electron chi connectivity index (χ4n) is 2.28. The van der Waals surface area contributed by atoms with Crippen molar-refractivity contribution in [3.63, 3.8) is 0 Å². The van der Waals surface area contributed by atoms with Crippen LogP contribution in [0.3, 0.4) is 0 Å². The van der Waals surface area contributed by atoms with E-state index in [4.69, 9.17) is 5.11 Å². The van der Waals surface area contributed by atoms with Crippen molar-refractivity contribution < 1.29 is 9.90 Å². The predicted molar refractivity (Wildman–Crippen MR) is 60.0 cm³/mol. The summed E-state index contributed by atoms with van der Waals surface area (Å²) in [5, 5.41) is 8.74. The van der Waals surface area contributed by atoms with E-state index in [0.29, 0.717) is 6.04 Å². The summed E-state index contributed by atoms with van der Waals surface area (Å²) in [5.74, 6) is -0.701. The minimum Gasteiger partial charge on any atom is -0.481 e. The van der Waals surface area contributed by atoms with Gasteiger partial charge in [-0.2, -0.15) is 0 Å². The molecule has 1 aliphatic rings. The van der Waals surface area contributed by atoms with Crippen molar-refractivity contribution in [2.75, 3.05) is 26.2 Å². The lowest BCUT2D eigenvalue weighted by Gasteiger charge is -2.41. The second-order valence-electron chi connectivity index (χ2n) is 4.42. The van der Waals surface area contributed by atoms with Gasteiger partial charge in [-0.25, -0.2) is 0 Å². The quantitative estimate of drug-likeness (QED) is 0.754. The Hall–Kier alpha value is -0.610. The van der Waals surface area contributed by atoms with Gasteiger partial charge >= 0.3 is 5.97 Å². The van der Waals surface area contributed by atoms with E-state index < -0.39 is 5.97 Å². The van der Waals surface area contributed by atoms with Crippen molar-refractivity contribution in [3.05, 3.63) is 0 Å². The molecule has 88 valence electrons. The first-order valence-electron chi connectivity index (χ1n) is 5.74. The minimum absolute atomic E-state index is 0.156. The summed E-state index contributed by atoms with van der Waals surface area (Å²) in [5.41, 5.74) is 0. The van der Waals surface area contributed by atoms with Gasteiger partial charge in [-0.05, 0) is 20.4 Å². The van der Waals surface area contributed by atoms with Crippen LogP contribution in [0.4, 0.5) is 0 Å². The third-order valence-corrected chi connectivity index (χ3v) is 3.30. The first-order valence-corrected chi connectivity index (χ1v) is 5.74. The van der Waals surface area contributed by atoms with Crippen LogP contribution in [-0.2, 0) is 4.79 Å². The Morgan fingerprint density at radius 2 is 2.20 bits per heavy atom. The fourth-order valence-corrected chi connectivity index (χ4v) is 2.28. The zero-order chi connectivity index (χ0) is 11.4. The van der Waals surface area contributed by atoms with Crippen LogP contribution in [0.1, 0.15) is 27.2 Å². The van der Waals surface area contributed by atoms with Gasteiger partial charge in [0.1, 0.15) is 0 Å². The summed E-state index contributed by atoms with van der Waals surface area (Å²) in [6.45, 7) is 10.5. The number of nitrogens with zero attached hydrogens (tertiary/aromatic N) is 2. The van der Waals surface area contributed by atoms with Gasteiger partial charge in [-0.15, -0.1) is 0 Å². The molecule has 4 heteroatoms. The lowest BCUT2D eigenvalue weighted by molar-refractivity contribution is -0.138. The van der Waals surface area contributed by atoms with Gasteiger partial charge in [0.05, 0.1) is 6.42 Å². The number of carbonyl (C=O) groups is 1. The number of aliphatic carboxylic acids is 1. The molecule has 4 nitrogen and oxygen atoms in total. The molecule has 1 fully saturated rings. The van der Waals surface area contributed by atoms with Crippen LogP contribution in [0.5, 0.6) is 0 Å². The van der Waals surface area contributed by atoms with Crippen LogP contribution < -0.4 is 0 Å². The van der Waals surface area contributed by atoms with E-state index in [1.807, 2.05) is 6.92 Å². The maximum atomic E-state index is 10.6. The standard InChI is InChI=1S/C11H22N2O2/c1-4-12-5-6-13(8-10(12)3)9(2)7-11(14)15/h9-10H,4-8H2,1-3H3,(H,14,15). The van der Waals surface area contributed by atoms with E-state index in [-0.39, 0.29) is 12.5 Å². The molecule has 0 aromatic heterocycles. The van der Waals surface area contributed by atoms with Crippen LogP contribution in [0.15, 0.2) is 0 Å². The van der Waals surface area contributed by atoms with Gasteiger partial charge in [0.25, 0.3) is 0 Å². The number of carboxylic acids is 1. The highest BCUT2D eigenvalue weighted by atomic mass is 16.4. The fraction of sp³-hybridized carbons (Fsp3) is 0.909. The van der Waals surface area contributed by atoms with E-state index in [2.05, 4.69) is 23.6 Å². The Balaban J connectivity index is 2.42. The zero-order valence-electron chi connectivity index (χ0n) is 9.94. The lowest BCUT2D eigenvalue weighted by Crippen LogP contribution is -2.54. The average molecular weight is 214 g/mol. The van der Waals surface area contributed by atoms with E-state index in [1.165, 1.54) is 0 Å². The number of rotatable bonds is 4. The summed E-state index contributed by atoms with van der Waals surface area (Å²) < 4.78 is 0. The number of hydrogen-bond donors (Lipinski definition) is 1. The molecule has 0 spiro atoms. The molecule has 2 unspecified atom stereocenters. The van der Waals surface area contributed by atoms with Gasteiger partial charge < -0.3 is 5.11 Å². The van der Waals surface area contributed by atoms with Crippen molar-refractivity contribution in [1.29, 1.82) is 0 Å². The van der Waals surface area contributed by atoms with Crippen molar-refractivity contribution in [3.8, 4) is 0 Å². The number of carboxylic acid groups (broad SMARTS) is 1. The second kappa shape index (κ2) is 5.47. The molecule has 1 heterocycles. The molecule has 0 aromatic carbocycles. The Morgan fingerprint density at radius 3 is 2.67 bits per heavy atom. The van der Waals surface area contributed by atoms with Crippen LogP contribution in [0.25, 0.3) is 0 Å². The van der Waals surface area contributed by atoms with Gasteiger partial charge in [0.15, 0.2) is 0 Å². The molecule has 0 aromatic rings. The Labute approximate surface area is 91.9 Å². The predicted octanol–water partition coefficient (Wildman–Crippen LogP) is 0.876. The van der Waals surface area contributed by atoms with Crippen LogP contribution in [-0.4, -0.2) is 59.1 Å². The maximum absolute atomic E-state index is 10.6. The highest BCUT2D eigenvalue weighted by molar-refractivity contribution is 5.67. The number of piperazine rings is 1. The van der Waals surface area contributed by atoms with Crippen molar-refractivity contribution >= 4 is 5.97 Å². The monoisotopic (exact) mass is 214 g/mol. The van der Waals surface area contributed by atoms with E-state index in [0.717, 1.165) is 26.2 Å². The van der Waals surface area contributed by atoms with Gasteiger partial charge in [-0.3, -0.25) is 14.6 Å². The highest BCUT2D eigenvalue weighted by Gasteiger charge is 2.26. The maximum Gasteiger partial charge on any atom is 0.304 e. The third-order valence-electron chi connectivity index (χ3n) is 3.30. The zero-order valence-corrected chi connectivity index (χ0v) is 9.94. The van der Waals surface area contributed by atoms with Crippen molar-refractivity contribution in [1.82, 2.24) is 9.80 Å². The van der Waals surface area contributed by atoms with Crippen LogP contribution in [0, 0.1) is 0 Å². The molecule has 0 amide bonds. The SMILES string of the molecule is CCN1CCN(C(C)CC(=O)O)CC1C. The molecule has 0 aliphatic carbocycles. The Bertz CT molecular complexity index is 221. The van der Waals surface area contributed by atoms with Crippen molar-refractivity contribution in [2.45, 2.75) is 39.3 Å². The summed E-state index contributed by atoms with van der Waals surface area (Å²) in [6, 6.07) is 0.698. The number of hydrogen-bond acceptors (Lipinski definition) is 3. The molecule has 15 heavy (non-hydrogen) atoms. The summed E-state index contributed by atoms with van der Waals surface area (Å²) in [4.78, 5) is 15.3. The smallest absolute Gasteiger partial charge is 0.304 e. The van der Waals surface area contributed by atoms with E-state index >= 15 is 0 Å². The lowest BCUT2D eigenvalue weighted by atomic mass is 10.1. The highest BCUT2D eigenvalue weighted by Crippen LogP contribution is 2.13. The minimum atomic E-state index is -0.701. The topological polar surface area (TPSA) is 43.8 Å². The molecule has 1 rings (SSSR count). The molecule has 2 atom stereocenters. The molecule has 1 aliphatic heterocycles. The summed E-state index contributed by atoms with van der Waals surface area (Å²) in [6.07, 6.45) is 0.249. The second-order valence-corrected chi connectivity index (χ2v) is 4.42. The first kappa shape index (κ1) is 12.5. The Kier molecular flexibility index (Phi) is 4.54. The molecular formula is C11H22N2O2. The average Bonchev–Trinajstić information content (AvgIpc) is 2.16. The molecular weight excluding hydrogens is 192 g/mol. The van der Waals surface area contributed by atoms with Gasteiger partial charge in [0.2, 0.25) is 0 Å². The summed E-state index contributed by atoms with van der Waals surface area (Å²) in [7, 11) is 0. The molecule has 0 radical (unpaired) electrons. The number of likely N-dealkylation sites (N-methyl/N-ethyl adjacent to an activating group) is 1.